The van der Waals surface area contributed by atoms with E-state index >= 15 is 0 Å². The van der Waals surface area contributed by atoms with Crippen molar-refractivity contribution in [2.75, 3.05) is 7.11 Å². The van der Waals surface area contributed by atoms with Gasteiger partial charge in [-0.15, -0.1) is 0 Å². The van der Waals surface area contributed by atoms with E-state index in [0.717, 1.165) is 22.4 Å². The van der Waals surface area contributed by atoms with Crippen LogP contribution >= 0.6 is 15.9 Å². The van der Waals surface area contributed by atoms with Gasteiger partial charge in [-0.3, -0.25) is 9.48 Å². The third-order valence-electron chi connectivity index (χ3n) is 2.97. The third kappa shape index (κ3) is 3.20. The standard InChI is InChI=1S/C13H21BrN2O2/c1-6-16-10(12(14)9(4)15-16)7-11(17)13(18-5)8(2)3/h8,13H,6-7H2,1-5H3. The Morgan fingerprint density at radius 3 is 2.56 bits per heavy atom. The Balaban J connectivity index is 2.94. The molecule has 0 fully saturated rings. The first-order chi connectivity index (χ1) is 8.42. The number of aryl methyl sites for hydroxylation is 2. The number of rotatable bonds is 6. The summed E-state index contributed by atoms with van der Waals surface area (Å²) >= 11 is 3.50. The fraction of sp³-hybridized carbons (Fsp3) is 0.692. The number of carbonyl (C=O) groups excluding carboxylic acids is 1. The molecule has 102 valence electrons. The zero-order valence-corrected chi connectivity index (χ0v) is 13.2. The largest absolute Gasteiger partial charge is 0.373 e. The molecule has 0 aliphatic heterocycles. The topological polar surface area (TPSA) is 44.1 Å². The van der Waals surface area contributed by atoms with Gasteiger partial charge >= 0.3 is 0 Å². The predicted octanol–water partition coefficient (Wildman–Crippen LogP) is 2.76. The maximum Gasteiger partial charge on any atom is 0.167 e. The molecule has 0 bridgehead atoms. The van der Waals surface area contributed by atoms with E-state index in [2.05, 4.69) is 21.0 Å². The quantitative estimate of drug-likeness (QED) is 0.810. The highest BCUT2D eigenvalue weighted by atomic mass is 79.9. The van der Waals surface area contributed by atoms with Gasteiger partial charge in [0.1, 0.15) is 6.10 Å². The number of ether oxygens (including phenoxy) is 1. The normalized spacial score (nSPS) is 13.1. The Morgan fingerprint density at radius 2 is 2.11 bits per heavy atom. The monoisotopic (exact) mass is 316 g/mol. The Kier molecular flexibility index (Phi) is 5.53. The molecule has 1 heterocycles. The molecule has 1 unspecified atom stereocenters. The van der Waals surface area contributed by atoms with Gasteiger partial charge in [-0.25, -0.2) is 0 Å². The van der Waals surface area contributed by atoms with E-state index in [1.54, 1.807) is 7.11 Å². The number of ketones is 1. The lowest BCUT2D eigenvalue weighted by atomic mass is 10.00. The minimum atomic E-state index is -0.350. The van der Waals surface area contributed by atoms with E-state index in [4.69, 9.17) is 4.74 Å². The second kappa shape index (κ2) is 6.48. The molecule has 0 aromatic carbocycles. The van der Waals surface area contributed by atoms with Crippen LogP contribution in [0.3, 0.4) is 0 Å². The molecule has 5 heteroatoms. The minimum absolute atomic E-state index is 0.0998. The number of hydrogen-bond acceptors (Lipinski definition) is 3. The van der Waals surface area contributed by atoms with Crippen LogP contribution in [0, 0.1) is 12.8 Å². The summed E-state index contributed by atoms with van der Waals surface area (Å²) < 4.78 is 8.06. The summed E-state index contributed by atoms with van der Waals surface area (Å²) in [5.41, 5.74) is 1.85. The molecule has 0 amide bonds. The van der Waals surface area contributed by atoms with E-state index in [-0.39, 0.29) is 17.8 Å². The molecular weight excluding hydrogens is 296 g/mol. The van der Waals surface area contributed by atoms with Crippen LogP contribution in [0.2, 0.25) is 0 Å². The van der Waals surface area contributed by atoms with Crippen LogP contribution in [0.25, 0.3) is 0 Å². The first-order valence-corrected chi connectivity index (χ1v) is 6.98. The summed E-state index contributed by atoms with van der Waals surface area (Å²) in [4.78, 5) is 12.2. The smallest absolute Gasteiger partial charge is 0.167 e. The van der Waals surface area contributed by atoms with Crippen LogP contribution in [-0.2, 0) is 22.5 Å². The van der Waals surface area contributed by atoms with Crippen molar-refractivity contribution in [3.05, 3.63) is 15.9 Å². The van der Waals surface area contributed by atoms with Crippen molar-refractivity contribution in [1.82, 2.24) is 9.78 Å². The molecule has 0 saturated carbocycles. The van der Waals surface area contributed by atoms with Crippen LogP contribution in [0.4, 0.5) is 0 Å². The van der Waals surface area contributed by atoms with Gasteiger partial charge < -0.3 is 4.74 Å². The van der Waals surface area contributed by atoms with Gasteiger partial charge in [0, 0.05) is 13.7 Å². The number of methoxy groups -OCH3 is 1. The van der Waals surface area contributed by atoms with Crippen molar-refractivity contribution in [2.24, 2.45) is 5.92 Å². The SMILES string of the molecule is CCn1nc(C)c(Br)c1CC(=O)C(OC)C(C)C. The van der Waals surface area contributed by atoms with Crippen molar-refractivity contribution >= 4 is 21.7 Å². The van der Waals surface area contributed by atoms with E-state index in [9.17, 15) is 4.79 Å². The summed E-state index contributed by atoms with van der Waals surface area (Å²) in [6.45, 7) is 8.69. The molecule has 0 spiro atoms. The summed E-state index contributed by atoms with van der Waals surface area (Å²) in [6, 6.07) is 0. The highest BCUT2D eigenvalue weighted by molar-refractivity contribution is 9.10. The van der Waals surface area contributed by atoms with E-state index in [0.29, 0.717) is 6.42 Å². The van der Waals surface area contributed by atoms with Gasteiger partial charge in [-0.1, -0.05) is 13.8 Å². The lowest BCUT2D eigenvalue weighted by molar-refractivity contribution is -0.130. The number of carbonyl (C=O) groups is 1. The van der Waals surface area contributed by atoms with Crippen LogP contribution < -0.4 is 0 Å². The molecule has 1 aromatic rings. The molecule has 1 aromatic heterocycles. The highest BCUT2D eigenvalue weighted by Gasteiger charge is 2.24. The van der Waals surface area contributed by atoms with Gasteiger partial charge in [0.25, 0.3) is 0 Å². The first kappa shape index (κ1) is 15.4. The maximum absolute atomic E-state index is 12.2. The van der Waals surface area contributed by atoms with Crippen LogP contribution in [0.1, 0.15) is 32.2 Å². The number of nitrogens with zero attached hydrogens (tertiary/aromatic N) is 2. The average molecular weight is 317 g/mol. The van der Waals surface area contributed by atoms with Gasteiger partial charge in [-0.05, 0) is 35.7 Å². The van der Waals surface area contributed by atoms with Crippen LogP contribution in [0.15, 0.2) is 4.47 Å². The fourth-order valence-corrected chi connectivity index (χ4v) is 2.50. The number of hydrogen-bond donors (Lipinski definition) is 0. The molecule has 0 radical (unpaired) electrons. The summed E-state index contributed by atoms with van der Waals surface area (Å²) in [5, 5.41) is 4.39. The van der Waals surface area contributed by atoms with Crippen molar-refractivity contribution in [3.8, 4) is 0 Å². The number of aromatic nitrogens is 2. The van der Waals surface area contributed by atoms with E-state index in [1.165, 1.54) is 0 Å². The predicted molar refractivity (Wildman–Crippen MR) is 74.7 cm³/mol. The Labute approximate surface area is 117 Å². The van der Waals surface area contributed by atoms with Crippen molar-refractivity contribution < 1.29 is 9.53 Å². The zero-order valence-electron chi connectivity index (χ0n) is 11.7. The second-order valence-corrected chi connectivity index (χ2v) is 5.50. The van der Waals surface area contributed by atoms with Crippen molar-refractivity contribution in [1.29, 1.82) is 0 Å². The van der Waals surface area contributed by atoms with E-state index in [1.807, 2.05) is 32.4 Å². The summed E-state index contributed by atoms with van der Waals surface area (Å²) in [5.74, 6) is 0.281. The fourth-order valence-electron chi connectivity index (χ4n) is 2.08. The molecule has 1 atom stereocenters. The lowest BCUT2D eigenvalue weighted by Crippen LogP contribution is -2.30. The summed E-state index contributed by atoms with van der Waals surface area (Å²) in [6.07, 6.45) is 0.00351. The van der Waals surface area contributed by atoms with Crippen LogP contribution in [0.5, 0.6) is 0 Å². The number of Topliss-reactive ketones (excluding diaryl/α,β-unsaturated/α-hetero) is 1. The molecule has 0 aliphatic rings. The molecule has 18 heavy (non-hydrogen) atoms. The number of halogens is 1. The molecule has 4 nitrogen and oxygen atoms in total. The molecule has 0 saturated heterocycles. The zero-order chi connectivity index (χ0) is 13.9. The second-order valence-electron chi connectivity index (χ2n) is 4.71. The van der Waals surface area contributed by atoms with Gasteiger partial charge in [0.05, 0.1) is 22.3 Å². The highest BCUT2D eigenvalue weighted by Crippen LogP contribution is 2.23. The minimum Gasteiger partial charge on any atom is -0.373 e. The Bertz CT molecular complexity index is 427. The lowest BCUT2D eigenvalue weighted by Gasteiger charge is -2.18. The molecule has 0 aliphatic carbocycles. The van der Waals surface area contributed by atoms with Gasteiger partial charge in [0.2, 0.25) is 0 Å². The van der Waals surface area contributed by atoms with Gasteiger partial charge in [0.15, 0.2) is 5.78 Å². The third-order valence-corrected chi connectivity index (χ3v) is 4.00. The summed E-state index contributed by atoms with van der Waals surface area (Å²) in [7, 11) is 1.58. The molecular formula is C13H21BrN2O2. The van der Waals surface area contributed by atoms with Gasteiger partial charge in [-0.2, -0.15) is 5.10 Å². The molecule has 0 N–H and O–H groups in total. The van der Waals surface area contributed by atoms with Crippen molar-refractivity contribution in [3.63, 3.8) is 0 Å². The Hall–Kier alpha value is -0.680. The first-order valence-electron chi connectivity index (χ1n) is 6.19. The van der Waals surface area contributed by atoms with Crippen LogP contribution in [-0.4, -0.2) is 28.8 Å². The Morgan fingerprint density at radius 1 is 1.50 bits per heavy atom. The van der Waals surface area contributed by atoms with Crippen molar-refractivity contribution in [2.45, 2.75) is 46.8 Å². The molecule has 1 rings (SSSR count). The average Bonchev–Trinajstić information content (AvgIpc) is 2.57. The maximum atomic E-state index is 12.2. The van der Waals surface area contributed by atoms with E-state index < -0.39 is 0 Å².